The molecular weight excluding hydrogens is 236 g/mol. The highest BCUT2D eigenvalue weighted by atomic mass is 16.5. The molecule has 0 saturated heterocycles. The Hall–Kier alpha value is -0.530. The van der Waals surface area contributed by atoms with Crippen LogP contribution in [-0.4, -0.2) is 12.6 Å². The molecule has 0 N–H and O–H groups in total. The van der Waals surface area contributed by atoms with Crippen LogP contribution in [0.3, 0.4) is 0 Å². The highest BCUT2D eigenvalue weighted by molar-refractivity contribution is 5.72. The molecule has 0 aromatic heterocycles. The third-order valence-corrected chi connectivity index (χ3v) is 4.03. The Morgan fingerprint density at radius 2 is 1.63 bits per heavy atom. The summed E-state index contributed by atoms with van der Waals surface area (Å²) in [7, 11) is 0. The molecule has 0 heterocycles. The van der Waals surface area contributed by atoms with Crippen molar-refractivity contribution in [2.75, 3.05) is 6.61 Å². The molecule has 0 aromatic carbocycles. The largest absolute Gasteiger partial charge is 0.465 e. The zero-order chi connectivity index (χ0) is 14.9. The van der Waals surface area contributed by atoms with Crippen molar-refractivity contribution >= 4 is 5.97 Å². The van der Waals surface area contributed by atoms with E-state index in [9.17, 15) is 4.79 Å². The van der Waals surface area contributed by atoms with Crippen LogP contribution in [0.15, 0.2) is 0 Å². The molecule has 2 nitrogen and oxygen atoms in total. The van der Waals surface area contributed by atoms with Crippen molar-refractivity contribution in [2.24, 2.45) is 17.3 Å². The standard InChI is InChI=1S/C15H28O2.C2H6/c1-5-6-11-17-14(16)12-7-9-13(10-8-12)15(2,3)4;1-2/h12-13H,5-11H2,1-4H3;1-2H3. The van der Waals surface area contributed by atoms with E-state index >= 15 is 0 Å². The van der Waals surface area contributed by atoms with Gasteiger partial charge in [0.25, 0.3) is 0 Å². The average Bonchev–Trinajstić information content (AvgIpc) is 2.40. The Morgan fingerprint density at radius 3 is 2.05 bits per heavy atom. The Balaban J connectivity index is 0.00000154. The lowest BCUT2D eigenvalue weighted by Gasteiger charge is -2.36. The first-order chi connectivity index (χ1) is 8.95. The van der Waals surface area contributed by atoms with E-state index in [0.29, 0.717) is 12.0 Å². The zero-order valence-electron chi connectivity index (χ0n) is 13.9. The molecule has 114 valence electrons. The third-order valence-electron chi connectivity index (χ3n) is 4.03. The smallest absolute Gasteiger partial charge is 0.308 e. The van der Waals surface area contributed by atoms with Gasteiger partial charge in [0.15, 0.2) is 0 Å². The maximum absolute atomic E-state index is 11.8. The van der Waals surface area contributed by atoms with Crippen LogP contribution in [0.25, 0.3) is 0 Å². The molecular formula is C17H34O2. The van der Waals surface area contributed by atoms with Crippen molar-refractivity contribution in [2.45, 2.75) is 80.1 Å². The zero-order valence-corrected chi connectivity index (χ0v) is 13.9. The molecule has 0 spiro atoms. The van der Waals surface area contributed by atoms with Crippen molar-refractivity contribution in [3.63, 3.8) is 0 Å². The van der Waals surface area contributed by atoms with Gasteiger partial charge in [-0.2, -0.15) is 0 Å². The first kappa shape index (κ1) is 18.5. The predicted molar refractivity (Wildman–Crippen MR) is 82.1 cm³/mol. The maximum atomic E-state index is 11.8. The van der Waals surface area contributed by atoms with Gasteiger partial charge < -0.3 is 4.74 Å². The predicted octanol–water partition coefficient (Wildman–Crippen LogP) is 5.21. The summed E-state index contributed by atoms with van der Waals surface area (Å²) < 4.78 is 5.30. The van der Waals surface area contributed by atoms with Crippen LogP contribution >= 0.6 is 0 Å². The van der Waals surface area contributed by atoms with E-state index in [1.807, 2.05) is 13.8 Å². The topological polar surface area (TPSA) is 26.3 Å². The van der Waals surface area contributed by atoms with E-state index in [-0.39, 0.29) is 11.9 Å². The van der Waals surface area contributed by atoms with Crippen LogP contribution in [0.4, 0.5) is 0 Å². The van der Waals surface area contributed by atoms with Gasteiger partial charge in [-0.05, 0) is 43.4 Å². The van der Waals surface area contributed by atoms with Gasteiger partial charge in [0.05, 0.1) is 12.5 Å². The highest BCUT2D eigenvalue weighted by Crippen LogP contribution is 2.40. The summed E-state index contributed by atoms with van der Waals surface area (Å²) in [5.74, 6) is 0.985. The summed E-state index contributed by atoms with van der Waals surface area (Å²) in [6, 6.07) is 0. The minimum atomic E-state index is 0.0470. The second-order valence-electron chi connectivity index (χ2n) is 6.44. The van der Waals surface area contributed by atoms with Crippen molar-refractivity contribution in [3.05, 3.63) is 0 Å². The SMILES string of the molecule is CC.CCCCOC(=O)C1CCC(C(C)(C)C)CC1. The number of carbonyl (C=O) groups is 1. The Bertz CT molecular complexity index is 232. The molecule has 0 bridgehead atoms. The van der Waals surface area contributed by atoms with Crippen molar-refractivity contribution < 1.29 is 9.53 Å². The fourth-order valence-electron chi connectivity index (χ4n) is 2.63. The lowest BCUT2D eigenvalue weighted by atomic mass is 9.70. The van der Waals surface area contributed by atoms with E-state index < -0.39 is 0 Å². The first-order valence-electron chi connectivity index (χ1n) is 8.11. The molecule has 1 aliphatic rings. The monoisotopic (exact) mass is 270 g/mol. The molecule has 1 fully saturated rings. The first-order valence-corrected chi connectivity index (χ1v) is 8.11. The van der Waals surface area contributed by atoms with Gasteiger partial charge in [-0.15, -0.1) is 0 Å². The van der Waals surface area contributed by atoms with Gasteiger partial charge in [0.1, 0.15) is 0 Å². The van der Waals surface area contributed by atoms with Gasteiger partial charge in [-0.25, -0.2) is 0 Å². The van der Waals surface area contributed by atoms with Gasteiger partial charge >= 0.3 is 5.97 Å². The quantitative estimate of drug-likeness (QED) is 0.518. The van der Waals surface area contributed by atoms with Crippen LogP contribution in [0.5, 0.6) is 0 Å². The fraction of sp³-hybridized carbons (Fsp3) is 0.941. The fourth-order valence-corrected chi connectivity index (χ4v) is 2.63. The molecule has 19 heavy (non-hydrogen) atoms. The minimum Gasteiger partial charge on any atom is -0.465 e. The molecule has 0 radical (unpaired) electrons. The molecule has 1 saturated carbocycles. The number of rotatable bonds is 4. The van der Waals surface area contributed by atoms with Crippen LogP contribution in [-0.2, 0) is 9.53 Å². The number of hydrogen-bond donors (Lipinski definition) is 0. The van der Waals surface area contributed by atoms with Gasteiger partial charge in [0.2, 0.25) is 0 Å². The molecule has 0 aliphatic heterocycles. The number of ether oxygens (including phenoxy) is 1. The van der Waals surface area contributed by atoms with Gasteiger partial charge in [-0.1, -0.05) is 48.0 Å². The molecule has 0 amide bonds. The van der Waals surface area contributed by atoms with Crippen molar-refractivity contribution in [3.8, 4) is 0 Å². The molecule has 0 atom stereocenters. The number of esters is 1. The molecule has 0 aromatic rings. The van der Waals surface area contributed by atoms with E-state index in [0.717, 1.165) is 31.6 Å². The lowest BCUT2D eigenvalue weighted by molar-refractivity contribution is -0.150. The van der Waals surface area contributed by atoms with E-state index in [1.54, 1.807) is 0 Å². The third kappa shape index (κ3) is 6.98. The van der Waals surface area contributed by atoms with Crippen molar-refractivity contribution in [1.82, 2.24) is 0 Å². The van der Waals surface area contributed by atoms with Crippen LogP contribution in [0.2, 0.25) is 0 Å². The summed E-state index contributed by atoms with van der Waals surface area (Å²) in [5, 5.41) is 0. The second kappa shape index (κ2) is 9.39. The van der Waals surface area contributed by atoms with Crippen LogP contribution in [0, 0.1) is 17.3 Å². The Labute approximate surface area is 120 Å². The average molecular weight is 270 g/mol. The van der Waals surface area contributed by atoms with E-state index in [2.05, 4.69) is 27.7 Å². The maximum Gasteiger partial charge on any atom is 0.308 e. The van der Waals surface area contributed by atoms with Crippen molar-refractivity contribution in [1.29, 1.82) is 0 Å². The lowest BCUT2D eigenvalue weighted by Crippen LogP contribution is -2.29. The summed E-state index contributed by atoms with van der Waals surface area (Å²) in [5.41, 5.74) is 0.386. The van der Waals surface area contributed by atoms with E-state index in [1.165, 1.54) is 12.8 Å². The Kier molecular flexibility index (Phi) is 9.12. The summed E-state index contributed by atoms with van der Waals surface area (Å²) in [6.45, 7) is 13.6. The summed E-state index contributed by atoms with van der Waals surface area (Å²) >= 11 is 0. The van der Waals surface area contributed by atoms with E-state index in [4.69, 9.17) is 4.74 Å². The highest BCUT2D eigenvalue weighted by Gasteiger charge is 2.32. The minimum absolute atomic E-state index is 0.0470. The number of unbranched alkanes of at least 4 members (excludes halogenated alkanes) is 1. The molecule has 1 aliphatic carbocycles. The summed E-state index contributed by atoms with van der Waals surface area (Å²) in [6.07, 6.45) is 6.47. The number of hydrogen-bond acceptors (Lipinski definition) is 2. The van der Waals surface area contributed by atoms with Gasteiger partial charge in [0, 0.05) is 0 Å². The molecule has 2 heteroatoms. The molecule has 0 unspecified atom stereocenters. The Morgan fingerprint density at radius 1 is 1.11 bits per heavy atom. The van der Waals surface area contributed by atoms with Crippen LogP contribution in [0.1, 0.15) is 80.1 Å². The normalized spacial score (nSPS) is 23.3. The van der Waals surface area contributed by atoms with Gasteiger partial charge in [-0.3, -0.25) is 4.79 Å². The van der Waals surface area contributed by atoms with Crippen LogP contribution < -0.4 is 0 Å². The molecule has 1 rings (SSSR count). The summed E-state index contributed by atoms with van der Waals surface area (Å²) in [4.78, 5) is 11.8. The second-order valence-corrected chi connectivity index (χ2v) is 6.44. The number of carbonyl (C=O) groups excluding carboxylic acids is 1.